The van der Waals surface area contributed by atoms with Crippen molar-refractivity contribution >= 4 is 22.9 Å². The number of nitrogens with one attached hydrogen (secondary N) is 3. The van der Waals surface area contributed by atoms with Crippen LogP contribution >= 0.6 is 0 Å². The zero-order valence-electron chi connectivity index (χ0n) is 22.0. The minimum Gasteiger partial charge on any atom is -0.365 e. The molecule has 2 aliphatic carbocycles. The van der Waals surface area contributed by atoms with Crippen LogP contribution in [0.15, 0.2) is 13.9 Å². The van der Waals surface area contributed by atoms with Crippen molar-refractivity contribution in [3.05, 3.63) is 21.9 Å². The first-order valence-electron chi connectivity index (χ1n) is 13.6. The number of H-pyrrole nitrogens is 1. The molecular weight excluding hydrogens is 488 g/mol. The van der Waals surface area contributed by atoms with Crippen LogP contribution < -0.4 is 16.4 Å². The van der Waals surface area contributed by atoms with E-state index in [1.54, 1.807) is 0 Å². The smallest absolute Gasteiger partial charge is 0.365 e. The molecule has 4 heterocycles. The lowest BCUT2D eigenvalue weighted by Gasteiger charge is -2.32. The standard InChI is InChI=1S/C25H34N10O3/c1-13-7-9-16(10-8-13)12-35-19-20(27-14(2)17-5-4-6-17)28-22(23-31-25(36)37-34-23)29-21(19)30-24(35)26-11-18-15(3)32-38-33-18/h13-14,16-17H,4-12H2,1-3H3,(H,31,34,36)(H2,26,27,28,29,30)/t13?,14-,16?/m1/s1. The molecule has 6 rings (SSSR count). The Hall–Kier alpha value is -3.77. The van der Waals surface area contributed by atoms with Crippen molar-refractivity contribution in [2.24, 2.45) is 17.8 Å². The van der Waals surface area contributed by atoms with Gasteiger partial charge in [0.2, 0.25) is 17.6 Å². The van der Waals surface area contributed by atoms with Gasteiger partial charge >= 0.3 is 5.76 Å². The average molecular weight is 523 g/mol. The maximum absolute atomic E-state index is 11.6. The van der Waals surface area contributed by atoms with E-state index in [4.69, 9.17) is 24.1 Å². The molecule has 0 bridgehead atoms. The van der Waals surface area contributed by atoms with E-state index < -0.39 is 5.76 Å². The lowest BCUT2D eigenvalue weighted by atomic mass is 9.80. The zero-order chi connectivity index (χ0) is 26.2. The van der Waals surface area contributed by atoms with Crippen molar-refractivity contribution in [1.29, 1.82) is 0 Å². The summed E-state index contributed by atoms with van der Waals surface area (Å²) in [5, 5.41) is 17.5. The van der Waals surface area contributed by atoms with Crippen LogP contribution in [0.4, 0.5) is 11.8 Å². The van der Waals surface area contributed by atoms with E-state index in [2.05, 4.69) is 49.5 Å². The lowest BCUT2D eigenvalue weighted by Crippen LogP contribution is -2.31. The summed E-state index contributed by atoms with van der Waals surface area (Å²) in [6.07, 6.45) is 8.46. The topological polar surface area (TPSA) is 165 Å². The third kappa shape index (κ3) is 4.88. The molecule has 2 fully saturated rings. The van der Waals surface area contributed by atoms with Crippen LogP contribution in [0.2, 0.25) is 0 Å². The summed E-state index contributed by atoms with van der Waals surface area (Å²) < 4.78 is 11.9. The van der Waals surface area contributed by atoms with Crippen molar-refractivity contribution in [2.75, 3.05) is 10.6 Å². The Morgan fingerprint density at radius 2 is 1.89 bits per heavy atom. The quantitative estimate of drug-likeness (QED) is 0.292. The van der Waals surface area contributed by atoms with Crippen molar-refractivity contribution in [3.63, 3.8) is 0 Å². The van der Waals surface area contributed by atoms with E-state index in [1.165, 1.54) is 44.9 Å². The average Bonchev–Trinajstić information content (AvgIpc) is 3.56. The van der Waals surface area contributed by atoms with Crippen molar-refractivity contribution in [3.8, 4) is 11.6 Å². The molecule has 0 amide bonds. The highest BCUT2D eigenvalue weighted by Crippen LogP contribution is 2.35. The molecule has 3 N–H and O–H groups in total. The fraction of sp³-hybridized carbons (Fsp3) is 0.640. The molecule has 0 aromatic carbocycles. The minimum absolute atomic E-state index is 0.172. The second-order valence-corrected chi connectivity index (χ2v) is 10.9. The van der Waals surface area contributed by atoms with Crippen molar-refractivity contribution < 1.29 is 9.15 Å². The number of fused-ring (bicyclic) bond motifs is 1. The Balaban J connectivity index is 1.43. The van der Waals surface area contributed by atoms with Gasteiger partial charge in [0.15, 0.2) is 11.5 Å². The number of imidazole rings is 1. The number of nitrogens with zero attached hydrogens (tertiary/aromatic N) is 7. The minimum atomic E-state index is -0.725. The molecule has 13 heteroatoms. The molecule has 202 valence electrons. The third-order valence-corrected chi connectivity index (χ3v) is 8.21. The summed E-state index contributed by atoms with van der Waals surface area (Å²) in [5.41, 5.74) is 2.81. The molecule has 0 radical (unpaired) electrons. The maximum Gasteiger partial charge on any atom is 0.460 e. The normalized spacial score (nSPS) is 20.9. The van der Waals surface area contributed by atoms with E-state index in [-0.39, 0.29) is 17.7 Å². The molecule has 38 heavy (non-hydrogen) atoms. The van der Waals surface area contributed by atoms with Gasteiger partial charge in [-0.15, -0.1) is 4.98 Å². The molecule has 4 aromatic rings. The van der Waals surface area contributed by atoms with Gasteiger partial charge in [0, 0.05) is 12.6 Å². The first-order valence-corrected chi connectivity index (χ1v) is 13.6. The molecule has 13 nitrogen and oxygen atoms in total. The molecule has 0 spiro atoms. The SMILES string of the molecule is Cc1nonc1CNc1nc2nc(-c3nc(=O)o[nH]3)nc(N[C@H](C)C3CCC3)c2n1CC1CCC(C)CC1. The predicted octanol–water partition coefficient (Wildman–Crippen LogP) is 3.90. The highest BCUT2D eigenvalue weighted by atomic mass is 16.6. The highest BCUT2D eigenvalue weighted by Gasteiger charge is 2.28. The number of aryl methyl sites for hydroxylation is 1. The third-order valence-electron chi connectivity index (χ3n) is 8.21. The van der Waals surface area contributed by atoms with Crippen molar-refractivity contribution in [2.45, 2.75) is 84.8 Å². The van der Waals surface area contributed by atoms with Crippen LogP contribution in [0.3, 0.4) is 0 Å². The summed E-state index contributed by atoms with van der Waals surface area (Å²) >= 11 is 0. The van der Waals surface area contributed by atoms with Gasteiger partial charge in [-0.1, -0.05) is 36.5 Å². The first kappa shape index (κ1) is 24.6. The molecule has 0 unspecified atom stereocenters. The van der Waals surface area contributed by atoms with Gasteiger partial charge in [-0.25, -0.2) is 19.4 Å². The maximum atomic E-state index is 11.6. The van der Waals surface area contributed by atoms with Crippen LogP contribution in [-0.2, 0) is 13.1 Å². The summed E-state index contributed by atoms with van der Waals surface area (Å²) in [5.74, 6) is 2.95. The number of hydrogen-bond donors (Lipinski definition) is 3. The molecule has 0 aliphatic heterocycles. The fourth-order valence-corrected chi connectivity index (χ4v) is 5.50. The summed E-state index contributed by atoms with van der Waals surface area (Å²) in [6.45, 7) is 7.60. The Labute approximate surface area is 219 Å². The highest BCUT2D eigenvalue weighted by molar-refractivity contribution is 5.87. The Morgan fingerprint density at radius 1 is 1.08 bits per heavy atom. The van der Waals surface area contributed by atoms with Crippen molar-refractivity contribution in [1.82, 2.24) is 40.0 Å². The fourth-order valence-electron chi connectivity index (χ4n) is 5.50. The molecule has 0 saturated heterocycles. The van der Waals surface area contributed by atoms with Gasteiger partial charge in [-0.2, -0.15) is 10.1 Å². The Morgan fingerprint density at radius 3 is 2.55 bits per heavy atom. The second-order valence-electron chi connectivity index (χ2n) is 10.9. The molecular formula is C25H34N10O3. The summed E-state index contributed by atoms with van der Waals surface area (Å²) in [6, 6.07) is 0.227. The van der Waals surface area contributed by atoms with Crippen LogP contribution in [0.5, 0.6) is 0 Å². The van der Waals surface area contributed by atoms with Crippen LogP contribution in [0, 0.1) is 24.7 Å². The van der Waals surface area contributed by atoms with E-state index in [0.29, 0.717) is 35.8 Å². The van der Waals surface area contributed by atoms with Crippen LogP contribution in [-0.4, -0.2) is 46.0 Å². The van der Waals surface area contributed by atoms with E-state index in [9.17, 15) is 4.79 Å². The van der Waals surface area contributed by atoms with E-state index >= 15 is 0 Å². The Bertz CT molecular complexity index is 1460. The number of aromatic amines is 1. The number of hydrogen-bond acceptors (Lipinski definition) is 11. The van der Waals surface area contributed by atoms with Crippen LogP contribution in [0.1, 0.15) is 70.2 Å². The molecule has 2 saturated carbocycles. The van der Waals surface area contributed by atoms with Gasteiger partial charge in [-0.3, -0.25) is 0 Å². The number of aromatic nitrogens is 8. The number of anilines is 2. The van der Waals surface area contributed by atoms with E-state index in [0.717, 1.165) is 29.4 Å². The number of rotatable bonds is 9. The van der Waals surface area contributed by atoms with Gasteiger partial charge in [0.05, 0.1) is 6.54 Å². The monoisotopic (exact) mass is 522 g/mol. The Kier molecular flexibility index (Phi) is 6.58. The first-order chi connectivity index (χ1) is 18.4. The largest absolute Gasteiger partial charge is 0.460 e. The van der Waals surface area contributed by atoms with E-state index in [1.807, 2.05) is 6.92 Å². The summed E-state index contributed by atoms with van der Waals surface area (Å²) in [4.78, 5) is 29.9. The van der Waals surface area contributed by atoms with Crippen LogP contribution in [0.25, 0.3) is 22.8 Å². The molecule has 1 atom stereocenters. The van der Waals surface area contributed by atoms with Gasteiger partial charge in [0.1, 0.15) is 16.9 Å². The van der Waals surface area contributed by atoms with Gasteiger partial charge in [-0.05, 0) is 57.3 Å². The van der Waals surface area contributed by atoms with Gasteiger partial charge < -0.3 is 19.7 Å². The second kappa shape index (κ2) is 10.2. The predicted molar refractivity (Wildman–Crippen MR) is 139 cm³/mol. The molecule has 4 aromatic heterocycles. The van der Waals surface area contributed by atoms with Gasteiger partial charge in [0.25, 0.3) is 0 Å². The summed E-state index contributed by atoms with van der Waals surface area (Å²) in [7, 11) is 0. The lowest BCUT2D eigenvalue weighted by molar-refractivity contribution is 0.267. The zero-order valence-corrected chi connectivity index (χ0v) is 22.0. The molecule has 2 aliphatic rings.